The summed E-state index contributed by atoms with van der Waals surface area (Å²) in [5.74, 6) is -0.725. The van der Waals surface area contributed by atoms with Gasteiger partial charge in [-0.1, -0.05) is 18.2 Å². The maximum absolute atomic E-state index is 13.0. The summed E-state index contributed by atoms with van der Waals surface area (Å²) in [5.41, 5.74) is 1.34. The Kier molecular flexibility index (Phi) is 4.38. The number of aliphatic carboxylic acids is 1. The Hall–Kier alpha value is -2.63. The molecular formula is C18H21N3O3. The van der Waals surface area contributed by atoms with E-state index in [9.17, 15) is 14.7 Å². The Bertz CT molecular complexity index is 788. The second kappa shape index (κ2) is 6.47. The van der Waals surface area contributed by atoms with E-state index in [4.69, 9.17) is 0 Å². The maximum Gasteiger partial charge on any atom is 0.308 e. The zero-order chi connectivity index (χ0) is 17.3. The number of aromatic nitrogens is 1. The number of carboxylic acid groups (broad SMARTS) is 1. The number of fused-ring (bicyclic) bond motifs is 1. The van der Waals surface area contributed by atoms with E-state index in [1.54, 1.807) is 11.0 Å². The van der Waals surface area contributed by atoms with Gasteiger partial charge in [0.05, 0.1) is 17.0 Å². The molecule has 1 aromatic carbocycles. The van der Waals surface area contributed by atoms with Crippen LogP contribution in [0.3, 0.4) is 0 Å². The average molecular weight is 327 g/mol. The molecular weight excluding hydrogens is 306 g/mol. The smallest absolute Gasteiger partial charge is 0.308 e. The summed E-state index contributed by atoms with van der Waals surface area (Å²) in [4.78, 5) is 32.4. The fourth-order valence-corrected chi connectivity index (χ4v) is 3.10. The predicted molar refractivity (Wildman–Crippen MR) is 92.3 cm³/mol. The maximum atomic E-state index is 13.0. The van der Waals surface area contributed by atoms with Crippen LogP contribution in [0.25, 0.3) is 10.9 Å². The minimum atomic E-state index is -0.832. The third-order valence-electron chi connectivity index (χ3n) is 4.45. The number of carbonyl (C=O) groups excluding carboxylic acids is 1. The zero-order valence-corrected chi connectivity index (χ0v) is 13.9. The molecule has 126 valence electrons. The van der Waals surface area contributed by atoms with Crippen molar-refractivity contribution in [3.63, 3.8) is 0 Å². The molecule has 0 saturated carbocycles. The van der Waals surface area contributed by atoms with Gasteiger partial charge >= 0.3 is 5.97 Å². The summed E-state index contributed by atoms with van der Waals surface area (Å²) in [6, 6.07) is 9.33. The number of amides is 1. The van der Waals surface area contributed by atoms with Gasteiger partial charge in [-0.05, 0) is 25.0 Å². The lowest BCUT2D eigenvalue weighted by Gasteiger charge is -2.31. The van der Waals surface area contributed by atoms with Crippen LogP contribution in [0.1, 0.15) is 23.2 Å². The molecule has 1 aliphatic rings. The van der Waals surface area contributed by atoms with Crippen LogP contribution < -0.4 is 4.90 Å². The number of piperidine rings is 1. The number of pyridine rings is 1. The van der Waals surface area contributed by atoms with Gasteiger partial charge in [-0.2, -0.15) is 0 Å². The highest BCUT2D eigenvalue weighted by Crippen LogP contribution is 2.25. The van der Waals surface area contributed by atoms with Crippen molar-refractivity contribution in [2.45, 2.75) is 12.8 Å². The molecule has 1 amide bonds. The number of benzene rings is 1. The van der Waals surface area contributed by atoms with Crippen molar-refractivity contribution in [2.24, 2.45) is 5.92 Å². The van der Waals surface area contributed by atoms with Crippen molar-refractivity contribution in [3.05, 3.63) is 35.9 Å². The van der Waals surface area contributed by atoms with E-state index in [1.165, 1.54) is 0 Å². The number of carboxylic acids is 1. The highest BCUT2D eigenvalue weighted by atomic mass is 16.4. The van der Waals surface area contributed by atoms with Gasteiger partial charge < -0.3 is 14.9 Å². The van der Waals surface area contributed by atoms with Crippen LogP contribution in [0.2, 0.25) is 0 Å². The quantitative estimate of drug-likeness (QED) is 0.936. The van der Waals surface area contributed by atoms with Gasteiger partial charge in [-0.25, -0.2) is 4.98 Å². The molecule has 3 rings (SSSR count). The van der Waals surface area contributed by atoms with Crippen molar-refractivity contribution in [1.29, 1.82) is 0 Å². The Morgan fingerprint density at radius 3 is 2.75 bits per heavy atom. The van der Waals surface area contributed by atoms with Crippen molar-refractivity contribution in [3.8, 4) is 0 Å². The van der Waals surface area contributed by atoms with Crippen LogP contribution in [0.5, 0.6) is 0 Å². The largest absolute Gasteiger partial charge is 0.481 e. The second-order valence-corrected chi connectivity index (χ2v) is 6.37. The summed E-state index contributed by atoms with van der Waals surface area (Å²) in [6.45, 7) is 0.860. The predicted octanol–water partition coefficient (Wildman–Crippen LogP) is 2.24. The molecule has 1 atom stereocenters. The van der Waals surface area contributed by atoms with Gasteiger partial charge in [0, 0.05) is 32.6 Å². The van der Waals surface area contributed by atoms with E-state index in [1.807, 2.05) is 43.3 Å². The first kappa shape index (κ1) is 16.2. The van der Waals surface area contributed by atoms with Gasteiger partial charge in [0.2, 0.25) is 0 Å². The molecule has 0 radical (unpaired) electrons. The third-order valence-corrected chi connectivity index (χ3v) is 4.45. The molecule has 1 unspecified atom stereocenters. The minimum Gasteiger partial charge on any atom is -0.481 e. The monoisotopic (exact) mass is 327 g/mol. The highest BCUT2D eigenvalue weighted by Gasteiger charge is 2.29. The number of hydrogen-bond donors (Lipinski definition) is 1. The highest BCUT2D eigenvalue weighted by molar-refractivity contribution is 6.07. The van der Waals surface area contributed by atoms with Gasteiger partial charge in [0.25, 0.3) is 5.91 Å². The van der Waals surface area contributed by atoms with Crippen LogP contribution in [0.15, 0.2) is 30.3 Å². The van der Waals surface area contributed by atoms with Crippen LogP contribution in [0, 0.1) is 5.92 Å². The minimum absolute atomic E-state index is 0.123. The molecule has 6 nitrogen and oxygen atoms in total. The Morgan fingerprint density at radius 1 is 1.29 bits per heavy atom. The van der Waals surface area contributed by atoms with Crippen LogP contribution in [-0.4, -0.2) is 54.1 Å². The van der Waals surface area contributed by atoms with E-state index in [-0.39, 0.29) is 12.5 Å². The summed E-state index contributed by atoms with van der Waals surface area (Å²) in [7, 11) is 3.76. The molecule has 24 heavy (non-hydrogen) atoms. The average Bonchev–Trinajstić information content (AvgIpc) is 2.60. The molecule has 1 fully saturated rings. The second-order valence-electron chi connectivity index (χ2n) is 6.37. The first-order valence-electron chi connectivity index (χ1n) is 8.06. The number of hydrogen-bond acceptors (Lipinski definition) is 4. The van der Waals surface area contributed by atoms with Crippen molar-refractivity contribution in [1.82, 2.24) is 9.88 Å². The van der Waals surface area contributed by atoms with Crippen LogP contribution >= 0.6 is 0 Å². The molecule has 0 bridgehead atoms. The lowest BCUT2D eigenvalue weighted by atomic mass is 9.97. The SMILES string of the molecule is CN(C)c1cc(C(=O)N2CCCC(C(=O)O)C2)c2ccccc2n1. The van der Waals surface area contributed by atoms with E-state index in [0.717, 1.165) is 10.9 Å². The topological polar surface area (TPSA) is 73.7 Å². The van der Waals surface area contributed by atoms with E-state index in [2.05, 4.69) is 4.98 Å². The lowest BCUT2D eigenvalue weighted by molar-refractivity contribution is -0.143. The molecule has 1 aromatic heterocycles. The molecule has 1 saturated heterocycles. The summed E-state index contributed by atoms with van der Waals surface area (Å²) >= 11 is 0. The van der Waals surface area contributed by atoms with Crippen molar-refractivity contribution >= 4 is 28.6 Å². The first-order chi connectivity index (χ1) is 11.5. The lowest BCUT2D eigenvalue weighted by Crippen LogP contribution is -2.42. The Morgan fingerprint density at radius 2 is 2.04 bits per heavy atom. The van der Waals surface area contributed by atoms with E-state index in [0.29, 0.717) is 30.8 Å². The molecule has 6 heteroatoms. The van der Waals surface area contributed by atoms with E-state index < -0.39 is 11.9 Å². The van der Waals surface area contributed by atoms with Crippen molar-refractivity contribution in [2.75, 3.05) is 32.1 Å². The summed E-state index contributed by atoms with van der Waals surface area (Å²) in [5, 5.41) is 10.0. The normalized spacial score (nSPS) is 17.8. The van der Waals surface area contributed by atoms with Gasteiger partial charge in [0.15, 0.2) is 0 Å². The number of rotatable bonds is 3. The number of likely N-dealkylation sites (tertiary alicyclic amines) is 1. The van der Waals surface area contributed by atoms with Crippen LogP contribution in [0.4, 0.5) is 5.82 Å². The van der Waals surface area contributed by atoms with Crippen molar-refractivity contribution < 1.29 is 14.7 Å². The van der Waals surface area contributed by atoms with Gasteiger partial charge in [-0.3, -0.25) is 9.59 Å². The zero-order valence-electron chi connectivity index (χ0n) is 13.9. The number of carbonyl (C=O) groups is 2. The number of anilines is 1. The standard InChI is InChI=1S/C18H21N3O3/c1-20(2)16-10-14(13-7-3-4-8-15(13)19-16)17(22)21-9-5-6-12(11-21)18(23)24/h3-4,7-8,10,12H,5-6,9,11H2,1-2H3,(H,23,24). The summed E-state index contributed by atoms with van der Waals surface area (Å²) < 4.78 is 0. The number of para-hydroxylation sites is 1. The fourth-order valence-electron chi connectivity index (χ4n) is 3.10. The fraction of sp³-hybridized carbons (Fsp3) is 0.389. The molecule has 2 heterocycles. The Balaban J connectivity index is 2.01. The van der Waals surface area contributed by atoms with E-state index >= 15 is 0 Å². The molecule has 0 spiro atoms. The molecule has 2 aromatic rings. The Labute approximate surface area is 140 Å². The molecule has 1 N–H and O–H groups in total. The van der Waals surface area contributed by atoms with Gasteiger partial charge in [-0.15, -0.1) is 0 Å². The van der Waals surface area contributed by atoms with Gasteiger partial charge in [0.1, 0.15) is 5.82 Å². The number of nitrogens with zero attached hydrogens (tertiary/aromatic N) is 3. The van der Waals surface area contributed by atoms with Crippen LogP contribution in [-0.2, 0) is 4.79 Å². The molecule has 0 aliphatic carbocycles. The first-order valence-corrected chi connectivity index (χ1v) is 8.06. The summed E-state index contributed by atoms with van der Waals surface area (Å²) in [6.07, 6.45) is 1.34. The molecule has 1 aliphatic heterocycles. The third kappa shape index (κ3) is 3.04.